The van der Waals surface area contributed by atoms with Gasteiger partial charge in [0, 0.05) is 12.2 Å². The van der Waals surface area contributed by atoms with E-state index in [1.54, 1.807) is 12.1 Å². The molecule has 5 nitrogen and oxygen atoms in total. The van der Waals surface area contributed by atoms with Gasteiger partial charge >= 0.3 is 0 Å². The molecular formula is C24H26N2O3S. The van der Waals surface area contributed by atoms with Crippen LogP contribution >= 0.6 is 0 Å². The van der Waals surface area contributed by atoms with Crippen molar-refractivity contribution in [1.29, 1.82) is 0 Å². The Morgan fingerprint density at radius 3 is 2.47 bits per heavy atom. The number of nitrogens with one attached hydrogen (secondary N) is 1. The fourth-order valence-electron chi connectivity index (χ4n) is 4.08. The number of carbonyl (C=O) groups is 1. The molecule has 0 saturated carbocycles. The van der Waals surface area contributed by atoms with Crippen LogP contribution in [0.2, 0.25) is 0 Å². The standard InChI is InChI=1S/C24H26N2O3S/c1-17(2)21-10-5-6-11-22(21)25-24(27)23-12-7-15-26(23)30(28,29)20-14-13-18-8-3-4-9-19(18)16-20/h3-6,8-11,13-14,16-17,23H,7,12,15H2,1-2H3,(H,25,27)/t23-/m0/s1. The number of hydrogen-bond acceptors (Lipinski definition) is 3. The Labute approximate surface area is 177 Å². The van der Waals surface area contributed by atoms with E-state index in [0.717, 1.165) is 22.0 Å². The molecule has 1 fully saturated rings. The van der Waals surface area contributed by atoms with Crippen LogP contribution in [0.3, 0.4) is 0 Å². The maximum atomic E-state index is 13.4. The van der Waals surface area contributed by atoms with Crippen molar-refractivity contribution < 1.29 is 13.2 Å². The van der Waals surface area contributed by atoms with Crippen LogP contribution in [0.15, 0.2) is 71.6 Å². The fraction of sp³-hybridized carbons (Fsp3) is 0.292. The molecule has 1 aliphatic heterocycles. The molecule has 156 valence electrons. The molecule has 30 heavy (non-hydrogen) atoms. The van der Waals surface area contributed by atoms with Gasteiger partial charge < -0.3 is 5.32 Å². The minimum Gasteiger partial charge on any atom is -0.324 e. The molecule has 6 heteroatoms. The zero-order chi connectivity index (χ0) is 21.3. The lowest BCUT2D eigenvalue weighted by Gasteiger charge is -2.24. The molecular weight excluding hydrogens is 396 g/mol. The predicted octanol–water partition coefficient (Wildman–Crippen LogP) is 4.76. The summed E-state index contributed by atoms with van der Waals surface area (Å²) in [5.41, 5.74) is 1.78. The third-order valence-electron chi connectivity index (χ3n) is 5.67. The van der Waals surface area contributed by atoms with Crippen LogP contribution in [0.4, 0.5) is 5.69 Å². The van der Waals surface area contributed by atoms with E-state index in [0.29, 0.717) is 19.4 Å². The summed E-state index contributed by atoms with van der Waals surface area (Å²) in [6.07, 6.45) is 1.18. The number of fused-ring (bicyclic) bond motifs is 1. The first kappa shape index (κ1) is 20.6. The number of nitrogens with zero attached hydrogens (tertiary/aromatic N) is 1. The van der Waals surface area contributed by atoms with Gasteiger partial charge in [0.1, 0.15) is 6.04 Å². The Kier molecular flexibility index (Phi) is 5.62. The Hall–Kier alpha value is -2.70. The second kappa shape index (κ2) is 8.20. The van der Waals surface area contributed by atoms with Gasteiger partial charge in [0.05, 0.1) is 4.90 Å². The summed E-state index contributed by atoms with van der Waals surface area (Å²) in [4.78, 5) is 13.3. The molecule has 1 atom stereocenters. The number of anilines is 1. The quantitative estimate of drug-likeness (QED) is 0.645. The van der Waals surface area contributed by atoms with Crippen LogP contribution in [0.25, 0.3) is 10.8 Å². The van der Waals surface area contributed by atoms with Crippen molar-refractivity contribution in [1.82, 2.24) is 4.31 Å². The number of sulfonamides is 1. The van der Waals surface area contributed by atoms with Crippen molar-refractivity contribution in [2.45, 2.75) is 43.5 Å². The first-order valence-corrected chi connectivity index (χ1v) is 11.7. The zero-order valence-electron chi connectivity index (χ0n) is 17.2. The molecule has 0 bridgehead atoms. The van der Waals surface area contributed by atoms with Crippen LogP contribution in [0.1, 0.15) is 38.2 Å². The normalized spacial score (nSPS) is 17.5. The molecule has 3 aromatic rings. The minimum absolute atomic E-state index is 0.225. The molecule has 0 aromatic heterocycles. The van der Waals surface area contributed by atoms with Crippen molar-refractivity contribution in [2.75, 3.05) is 11.9 Å². The summed E-state index contributed by atoms with van der Waals surface area (Å²) < 4.78 is 28.1. The Bertz CT molecular complexity index is 1190. The number of hydrogen-bond donors (Lipinski definition) is 1. The number of para-hydroxylation sites is 1. The van der Waals surface area contributed by atoms with Crippen molar-refractivity contribution in [3.63, 3.8) is 0 Å². The summed E-state index contributed by atoms with van der Waals surface area (Å²) in [6.45, 7) is 4.48. The predicted molar refractivity (Wildman–Crippen MR) is 120 cm³/mol. The molecule has 0 aliphatic carbocycles. The minimum atomic E-state index is -3.77. The second-order valence-electron chi connectivity index (χ2n) is 8.01. The van der Waals surface area contributed by atoms with Gasteiger partial charge in [0.25, 0.3) is 0 Å². The van der Waals surface area contributed by atoms with Crippen LogP contribution in [-0.2, 0) is 14.8 Å². The van der Waals surface area contributed by atoms with Gasteiger partial charge in [-0.2, -0.15) is 4.31 Å². The zero-order valence-corrected chi connectivity index (χ0v) is 18.0. The van der Waals surface area contributed by atoms with Crippen molar-refractivity contribution in [3.8, 4) is 0 Å². The van der Waals surface area contributed by atoms with Gasteiger partial charge in [-0.25, -0.2) is 8.42 Å². The molecule has 0 spiro atoms. The molecule has 4 rings (SSSR count). The highest BCUT2D eigenvalue weighted by molar-refractivity contribution is 7.89. The van der Waals surface area contributed by atoms with Crippen LogP contribution in [-0.4, -0.2) is 31.2 Å². The second-order valence-corrected chi connectivity index (χ2v) is 9.90. The first-order chi connectivity index (χ1) is 14.4. The highest BCUT2D eigenvalue weighted by Crippen LogP contribution is 2.30. The lowest BCUT2D eigenvalue weighted by Crippen LogP contribution is -2.43. The maximum absolute atomic E-state index is 13.4. The van der Waals surface area contributed by atoms with E-state index in [2.05, 4.69) is 19.2 Å². The molecule has 1 amide bonds. The Morgan fingerprint density at radius 2 is 1.70 bits per heavy atom. The lowest BCUT2D eigenvalue weighted by atomic mass is 10.0. The number of rotatable bonds is 5. The largest absolute Gasteiger partial charge is 0.324 e. The van der Waals surface area contributed by atoms with Crippen LogP contribution in [0, 0.1) is 0 Å². The average Bonchev–Trinajstić information content (AvgIpc) is 3.24. The monoisotopic (exact) mass is 422 g/mol. The lowest BCUT2D eigenvalue weighted by molar-refractivity contribution is -0.119. The Morgan fingerprint density at radius 1 is 1.00 bits per heavy atom. The van der Waals surface area contributed by atoms with E-state index in [1.165, 1.54) is 4.31 Å². The highest BCUT2D eigenvalue weighted by Gasteiger charge is 2.39. The van der Waals surface area contributed by atoms with Gasteiger partial charge in [-0.1, -0.05) is 62.4 Å². The summed E-state index contributed by atoms with van der Waals surface area (Å²) in [5.74, 6) is -0.0209. The third-order valence-corrected chi connectivity index (χ3v) is 7.58. The van der Waals surface area contributed by atoms with E-state index in [9.17, 15) is 13.2 Å². The summed E-state index contributed by atoms with van der Waals surface area (Å²) in [6, 6.07) is 19.7. The number of benzene rings is 3. The van der Waals surface area contributed by atoms with Gasteiger partial charge in [0.15, 0.2) is 0 Å². The van der Waals surface area contributed by atoms with Crippen molar-refractivity contribution in [2.24, 2.45) is 0 Å². The van der Waals surface area contributed by atoms with Gasteiger partial charge in [0.2, 0.25) is 15.9 Å². The summed E-state index contributed by atoms with van der Waals surface area (Å²) in [7, 11) is -3.77. The Balaban J connectivity index is 1.61. The topological polar surface area (TPSA) is 66.5 Å². The highest BCUT2D eigenvalue weighted by atomic mass is 32.2. The maximum Gasteiger partial charge on any atom is 0.243 e. The molecule has 3 aromatic carbocycles. The van der Waals surface area contributed by atoms with Crippen molar-refractivity contribution in [3.05, 3.63) is 72.3 Å². The smallest absolute Gasteiger partial charge is 0.243 e. The van der Waals surface area contributed by atoms with Gasteiger partial charge in [-0.05, 0) is 53.3 Å². The van der Waals surface area contributed by atoms with E-state index in [-0.39, 0.29) is 16.7 Å². The first-order valence-electron chi connectivity index (χ1n) is 10.3. The summed E-state index contributed by atoms with van der Waals surface area (Å²) in [5, 5.41) is 4.82. The van der Waals surface area contributed by atoms with Gasteiger partial charge in [-0.15, -0.1) is 0 Å². The third kappa shape index (κ3) is 3.85. The molecule has 0 unspecified atom stereocenters. The molecule has 1 aliphatic rings. The fourth-order valence-corrected chi connectivity index (χ4v) is 5.78. The molecule has 0 radical (unpaired) electrons. The SMILES string of the molecule is CC(C)c1ccccc1NC(=O)[C@@H]1CCCN1S(=O)(=O)c1ccc2ccccc2c1. The molecule has 1 N–H and O–H groups in total. The molecule has 1 saturated heterocycles. The van der Waals surface area contributed by atoms with Gasteiger partial charge in [-0.3, -0.25) is 4.79 Å². The van der Waals surface area contributed by atoms with E-state index >= 15 is 0 Å². The van der Waals surface area contributed by atoms with Crippen LogP contribution in [0.5, 0.6) is 0 Å². The van der Waals surface area contributed by atoms with Crippen LogP contribution < -0.4 is 5.32 Å². The average molecular weight is 423 g/mol. The van der Waals surface area contributed by atoms with E-state index < -0.39 is 16.1 Å². The van der Waals surface area contributed by atoms with E-state index in [1.807, 2.05) is 54.6 Å². The van der Waals surface area contributed by atoms with E-state index in [4.69, 9.17) is 0 Å². The number of carbonyl (C=O) groups excluding carboxylic acids is 1. The van der Waals surface area contributed by atoms with Crippen molar-refractivity contribution >= 4 is 32.4 Å². The molecule has 1 heterocycles. The number of amides is 1. The summed E-state index contributed by atoms with van der Waals surface area (Å²) >= 11 is 0.